The molecule has 0 aromatic carbocycles. The van der Waals surface area contributed by atoms with E-state index in [2.05, 4.69) is 31.9 Å². The predicted molar refractivity (Wildman–Crippen MR) is 69.1 cm³/mol. The zero-order chi connectivity index (χ0) is 10.8. The first kappa shape index (κ1) is 11.4. The number of hydrogen-bond donors (Lipinski definition) is 1. The Balaban J connectivity index is 2.14. The molecular formula is C10H9Br2NOS. The molecule has 2 heterocycles. The molecule has 2 rings (SSSR count). The maximum absolute atomic E-state index is 6.10. The molecule has 2 N–H and O–H groups in total. The van der Waals surface area contributed by atoms with E-state index in [1.54, 1.807) is 17.6 Å². The van der Waals surface area contributed by atoms with Crippen molar-refractivity contribution in [3.05, 3.63) is 43.4 Å². The van der Waals surface area contributed by atoms with Gasteiger partial charge in [-0.1, -0.05) is 0 Å². The van der Waals surface area contributed by atoms with E-state index in [9.17, 15) is 0 Å². The Morgan fingerprint density at radius 3 is 2.80 bits per heavy atom. The molecule has 0 aliphatic carbocycles. The van der Waals surface area contributed by atoms with Crippen LogP contribution < -0.4 is 5.73 Å². The average Bonchev–Trinajstić information content (AvgIpc) is 2.75. The Morgan fingerprint density at radius 1 is 1.47 bits per heavy atom. The molecule has 0 saturated carbocycles. The van der Waals surface area contributed by atoms with Crippen molar-refractivity contribution < 1.29 is 4.42 Å². The van der Waals surface area contributed by atoms with Gasteiger partial charge in [0.05, 0.1) is 13.8 Å². The van der Waals surface area contributed by atoms with Gasteiger partial charge in [0.25, 0.3) is 0 Å². The molecule has 0 bridgehead atoms. The summed E-state index contributed by atoms with van der Waals surface area (Å²) in [6.07, 6.45) is 2.38. The fraction of sp³-hybridized carbons (Fsp3) is 0.200. The van der Waals surface area contributed by atoms with Crippen molar-refractivity contribution in [2.75, 3.05) is 0 Å². The van der Waals surface area contributed by atoms with Crippen molar-refractivity contribution in [3.63, 3.8) is 0 Å². The van der Waals surface area contributed by atoms with Gasteiger partial charge >= 0.3 is 0 Å². The molecule has 5 heteroatoms. The lowest BCUT2D eigenvalue weighted by Gasteiger charge is -2.08. The molecule has 0 aliphatic rings. The van der Waals surface area contributed by atoms with Crippen molar-refractivity contribution in [2.24, 2.45) is 5.73 Å². The Hall–Kier alpha value is -0.100. The van der Waals surface area contributed by atoms with Crippen molar-refractivity contribution in [1.82, 2.24) is 0 Å². The molecule has 0 fully saturated rings. The number of nitrogens with two attached hydrogens (primary N) is 1. The first-order chi connectivity index (χ1) is 7.16. The molecule has 1 atom stereocenters. The average molecular weight is 351 g/mol. The van der Waals surface area contributed by atoms with Crippen LogP contribution in [0.15, 0.2) is 36.5 Å². The van der Waals surface area contributed by atoms with Gasteiger partial charge in [-0.3, -0.25) is 0 Å². The van der Waals surface area contributed by atoms with Crippen LogP contribution in [0.3, 0.4) is 0 Å². The minimum atomic E-state index is -0.0342. The molecule has 2 nitrogen and oxygen atoms in total. The predicted octanol–water partition coefficient (Wildman–Crippen LogP) is 4.11. The van der Waals surface area contributed by atoms with E-state index >= 15 is 0 Å². The van der Waals surface area contributed by atoms with Gasteiger partial charge in [-0.2, -0.15) is 0 Å². The van der Waals surface area contributed by atoms with Gasteiger partial charge in [0.1, 0.15) is 5.76 Å². The SMILES string of the molecule is NC(Cc1ccco1)c1cc(Br)sc1Br. The molecule has 0 amide bonds. The maximum Gasteiger partial charge on any atom is 0.105 e. The molecular weight excluding hydrogens is 342 g/mol. The van der Waals surface area contributed by atoms with E-state index in [0.717, 1.165) is 25.3 Å². The summed E-state index contributed by atoms with van der Waals surface area (Å²) in [4.78, 5) is 0. The van der Waals surface area contributed by atoms with Gasteiger partial charge < -0.3 is 10.2 Å². The summed E-state index contributed by atoms with van der Waals surface area (Å²) < 4.78 is 7.43. The zero-order valence-corrected chi connectivity index (χ0v) is 11.7. The van der Waals surface area contributed by atoms with Gasteiger partial charge in [0, 0.05) is 12.5 Å². The first-order valence-corrected chi connectivity index (χ1v) is 6.80. The highest BCUT2D eigenvalue weighted by Crippen LogP contribution is 2.35. The molecule has 0 saturated heterocycles. The lowest BCUT2D eigenvalue weighted by molar-refractivity contribution is 0.488. The highest BCUT2D eigenvalue weighted by atomic mass is 79.9. The topological polar surface area (TPSA) is 39.2 Å². The van der Waals surface area contributed by atoms with Crippen molar-refractivity contribution in [3.8, 4) is 0 Å². The van der Waals surface area contributed by atoms with E-state index < -0.39 is 0 Å². The van der Waals surface area contributed by atoms with E-state index in [1.165, 1.54) is 0 Å². The first-order valence-electron chi connectivity index (χ1n) is 4.39. The summed E-state index contributed by atoms with van der Waals surface area (Å²) in [7, 11) is 0. The van der Waals surface area contributed by atoms with Crippen LogP contribution in [0.5, 0.6) is 0 Å². The molecule has 80 valence electrons. The van der Waals surface area contributed by atoms with Crippen LogP contribution >= 0.6 is 43.2 Å². The molecule has 0 radical (unpaired) electrons. The summed E-state index contributed by atoms with van der Waals surface area (Å²) in [6, 6.07) is 5.83. The van der Waals surface area contributed by atoms with Crippen molar-refractivity contribution >= 4 is 43.2 Å². The standard InChI is InChI=1S/C10H9Br2NOS/c11-9-5-7(10(12)15-9)8(13)4-6-2-1-3-14-6/h1-3,5,8H,4,13H2. The summed E-state index contributed by atoms with van der Waals surface area (Å²) >= 11 is 8.57. The molecule has 0 aliphatic heterocycles. The Morgan fingerprint density at radius 2 is 2.27 bits per heavy atom. The lowest BCUT2D eigenvalue weighted by Crippen LogP contribution is -2.12. The van der Waals surface area contributed by atoms with Crippen molar-refractivity contribution in [1.29, 1.82) is 0 Å². The minimum Gasteiger partial charge on any atom is -0.469 e. The normalized spacial score (nSPS) is 13.0. The van der Waals surface area contributed by atoms with Crippen LogP contribution in [0.2, 0.25) is 0 Å². The smallest absolute Gasteiger partial charge is 0.105 e. The van der Waals surface area contributed by atoms with Gasteiger partial charge in [-0.15, -0.1) is 11.3 Å². The highest BCUT2D eigenvalue weighted by molar-refractivity contribution is 9.12. The number of furan rings is 1. The summed E-state index contributed by atoms with van der Waals surface area (Å²) in [6.45, 7) is 0. The molecule has 2 aromatic rings. The van der Waals surface area contributed by atoms with Gasteiger partial charge in [-0.05, 0) is 55.6 Å². The largest absolute Gasteiger partial charge is 0.469 e. The van der Waals surface area contributed by atoms with E-state index in [1.807, 2.05) is 18.2 Å². The van der Waals surface area contributed by atoms with Crippen LogP contribution in [0.1, 0.15) is 17.4 Å². The highest BCUT2D eigenvalue weighted by Gasteiger charge is 2.14. The second-order valence-electron chi connectivity index (χ2n) is 3.17. The number of halogens is 2. The molecule has 0 spiro atoms. The Kier molecular flexibility index (Phi) is 3.66. The van der Waals surface area contributed by atoms with Crippen LogP contribution in [-0.4, -0.2) is 0 Å². The number of thiophene rings is 1. The zero-order valence-electron chi connectivity index (χ0n) is 7.74. The lowest BCUT2D eigenvalue weighted by atomic mass is 10.1. The third kappa shape index (κ3) is 2.72. The van der Waals surface area contributed by atoms with Crippen LogP contribution in [-0.2, 0) is 6.42 Å². The quantitative estimate of drug-likeness (QED) is 0.904. The minimum absolute atomic E-state index is 0.0342. The summed E-state index contributed by atoms with van der Waals surface area (Å²) in [5.74, 6) is 0.914. The van der Waals surface area contributed by atoms with E-state index in [0.29, 0.717) is 0 Å². The summed E-state index contributed by atoms with van der Waals surface area (Å²) in [5, 5.41) is 0. The van der Waals surface area contributed by atoms with Crippen LogP contribution in [0.25, 0.3) is 0 Å². The van der Waals surface area contributed by atoms with Crippen LogP contribution in [0.4, 0.5) is 0 Å². The van der Waals surface area contributed by atoms with Crippen LogP contribution in [0, 0.1) is 0 Å². The fourth-order valence-electron chi connectivity index (χ4n) is 1.36. The van der Waals surface area contributed by atoms with Gasteiger partial charge in [-0.25, -0.2) is 0 Å². The fourth-order valence-corrected chi connectivity index (χ4v) is 4.36. The third-order valence-electron chi connectivity index (χ3n) is 2.08. The van der Waals surface area contributed by atoms with Crippen molar-refractivity contribution in [2.45, 2.75) is 12.5 Å². The molecule has 15 heavy (non-hydrogen) atoms. The second-order valence-corrected chi connectivity index (χ2v) is 6.92. The van der Waals surface area contributed by atoms with E-state index in [-0.39, 0.29) is 6.04 Å². The van der Waals surface area contributed by atoms with Gasteiger partial charge in [0.15, 0.2) is 0 Å². The van der Waals surface area contributed by atoms with E-state index in [4.69, 9.17) is 10.2 Å². The third-order valence-corrected chi connectivity index (χ3v) is 4.47. The second kappa shape index (κ2) is 4.82. The Labute approximate surface area is 109 Å². The maximum atomic E-state index is 6.10. The monoisotopic (exact) mass is 349 g/mol. The Bertz CT molecular complexity index is 438. The summed E-state index contributed by atoms with van der Waals surface area (Å²) in [5.41, 5.74) is 7.21. The number of hydrogen-bond acceptors (Lipinski definition) is 3. The number of rotatable bonds is 3. The molecule has 1 unspecified atom stereocenters. The molecule has 2 aromatic heterocycles. The van der Waals surface area contributed by atoms with Gasteiger partial charge in [0.2, 0.25) is 0 Å².